The van der Waals surface area contributed by atoms with Crippen molar-refractivity contribution < 1.29 is 9.13 Å². The maximum absolute atomic E-state index is 13.3. The number of nitrogens with two attached hydrogens (primary N) is 1. The first-order valence-electron chi connectivity index (χ1n) is 5.40. The van der Waals surface area contributed by atoms with E-state index in [9.17, 15) is 4.39 Å². The molecule has 0 saturated carbocycles. The summed E-state index contributed by atoms with van der Waals surface area (Å²) in [7, 11) is 0. The summed E-state index contributed by atoms with van der Waals surface area (Å²) >= 11 is 3.08. The van der Waals surface area contributed by atoms with E-state index in [0.29, 0.717) is 16.1 Å². The van der Waals surface area contributed by atoms with Crippen molar-refractivity contribution in [2.75, 3.05) is 0 Å². The molecule has 2 rings (SSSR count). The summed E-state index contributed by atoms with van der Waals surface area (Å²) < 4.78 is 19.2. The maximum Gasteiger partial charge on any atom is 0.219 e. The first-order valence-corrected chi connectivity index (χ1v) is 6.20. The van der Waals surface area contributed by atoms with E-state index in [1.165, 1.54) is 6.07 Å². The van der Waals surface area contributed by atoms with Gasteiger partial charge in [-0.05, 0) is 46.6 Å². The van der Waals surface area contributed by atoms with Gasteiger partial charge in [0.05, 0.1) is 4.47 Å². The van der Waals surface area contributed by atoms with Gasteiger partial charge in [0, 0.05) is 24.4 Å². The predicted molar refractivity (Wildman–Crippen MR) is 71.0 cm³/mol. The molecule has 1 aromatic heterocycles. The molecule has 2 aromatic rings. The Hall–Kier alpha value is -1.46. The molecular formula is C13H12BrFN2O. The molecule has 0 fully saturated rings. The van der Waals surface area contributed by atoms with Gasteiger partial charge in [0.15, 0.2) is 0 Å². The highest BCUT2D eigenvalue weighted by molar-refractivity contribution is 9.10. The molecule has 2 N–H and O–H groups in total. The SMILES string of the molecule is C[C@@H](N)c1ccnc(Oc2ccc(Br)c(F)c2)c1. The van der Waals surface area contributed by atoms with Crippen molar-refractivity contribution in [1.82, 2.24) is 4.98 Å². The fourth-order valence-corrected chi connectivity index (χ4v) is 1.67. The first kappa shape index (κ1) is 13.0. The number of nitrogens with zero attached hydrogens (tertiary/aromatic N) is 1. The normalized spacial score (nSPS) is 12.2. The molecule has 0 amide bonds. The highest BCUT2D eigenvalue weighted by Gasteiger charge is 2.06. The van der Waals surface area contributed by atoms with Crippen molar-refractivity contribution in [3.63, 3.8) is 0 Å². The van der Waals surface area contributed by atoms with Gasteiger partial charge >= 0.3 is 0 Å². The number of benzene rings is 1. The zero-order valence-electron chi connectivity index (χ0n) is 9.73. The van der Waals surface area contributed by atoms with Crippen LogP contribution in [0, 0.1) is 5.82 Å². The van der Waals surface area contributed by atoms with E-state index in [1.54, 1.807) is 24.4 Å². The molecule has 0 radical (unpaired) electrons. The molecule has 0 aliphatic rings. The molecule has 0 aliphatic carbocycles. The summed E-state index contributed by atoms with van der Waals surface area (Å²) in [6.07, 6.45) is 1.61. The zero-order chi connectivity index (χ0) is 13.1. The topological polar surface area (TPSA) is 48.1 Å². The maximum atomic E-state index is 13.3. The van der Waals surface area contributed by atoms with Crippen molar-refractivity contribution in [1.29, 1.82) is 0 Å². The van der Waals surface area contributed by atoms with E-state index in [-0.39, 0.29) is 11.9 Å². The third kappa shape index (κ3) is 3.05. The van der Waals surface area contributed by atoms with Gasteiger partial charge in [0.2, 0.25) is 5.88 Å². The molecule has 0 saturated heterocycles. The molecule has 0 spiro atoms. The van der Waals surface area contributed by atoms with E-state index in [2.05, 4.69) is 20.9 Å². The molecule has 1 aromatic carbocycles. The van der Waals surface area contributed by atoms with Gasteiger partial charge in [0.25, 0.3) is 0 Å². The lowest BCUT2D eigenvalue weighted by molar-refractivity contribution is 0.456. The molecular weight excluding hydrogens is 299 g/mol. The molecule has 5 heteroatoms. The second kappa shape index (κ2) is 5.46. The number of hydrogen-bond acceptors (Lipinski definition) is 3. The molecule has 3 nitrogen and oxygen atoms in total. The molecule has 0 bridgehead atoms. The van der Waals surface area contributed by atoms with E-state index < -0.39 is 0 Å². The minimum Gasteiger partial charge on any atom is -0.439 e. The molecule has 18 heavy (non-hydrogen) atoms. The Kier molecular flexibility index (Phi) is 3.93. The summed E-state index contributed by atoms with van der Waals surface area (Å²) in [5, 5.41) is 0. The smallest absolute Gasteiger partial charge is 0.219 e. The zero-order valence-corrected chi connectivity index (χ0v) is 11.3. The van der Waals surface area contributed by atoms with Crippen LogP contribution in [0.2, 0.25) is 0 Å². The van der Waals surface area contributed by atoms with Crippen molar-refractivity contribution in [2.45, 2.75) is 13.0 Å². The Morgan fingerprint density at radius 1 is 1.33 bits per heavy atom. The lowest BCUT2D eigenvalue weighted by Gasteiger charge is -2.09. The fraction of sp³-hybridized carbons (Fsp3) is 0.154. The number of hydrogen-bond donors (Lipinski definition) is 1. The second-order valence-electron chi connectivity index (χ2n) is 3.89. The van der Waals surface area contributed by atoms with Crippen LogP contribution in [0.4, 0.5) is 4.39 Å². The van der Waals surface area contributed by atoms with Gasteiger partial charge in [-0.2, -0.15) is 0 Å². The summed E-state index contributed by atoms with van der Waals surface area (Å²) in [6, 6.07) is 8.00. The van der Waals surface area contributed by atoms with E-state index in [0.717, 1.165) is 5.56 Å². The Balaban J connectivity index is 2.23. The van der Waals surface area contributed by atoms with Gasteiger partial charge in [-0.1, -0.05) is 0 Å². The predicted octanol–water partition coefficient (Wildman–Crippen LogP) is 3.80. The summed E-state index contributed by atoms with van der Waals surface area (Å²) in [4.78, 5) is 4.06. The number of aromatic nitrogens is 1. The van der Waals surface area contributed by atoms with Crippen LogP contribution in [0.5, 0.6) is 11.6 Å². The highest BCUT2D eigenvalue weighted by Crippen LogP contribution is 2.25. The largest absolute Gasteiger partial charge is 0.439 e. The van der Waals surface area contributed by atoms with E-state index >= 15 is 0 Å². The van der Waals surface area contributed by atoms with Gasteiger partial charge < -0.3 is 10.5 Å². The summed E-state index contributed by atoms with van der Waals surface area (Å²) in [5.41, 5.74) is 6.68. The highest BCUT2D eigenvalue weighted by atomic mass is 79.9. The monoisotopic (exact) mass is 310 g/mol. The van der Waals surface area contributed by atoms with Crippen LogP contribution < -0.4 is 10.5 Å². The molecule has 0 unspecified atom stereocenters. The average molecular weight is 311 g/mol. The van der Waals surface area contributed by atoms with Gasteiger partial charge in [-0.25, -0.2) is 9.37 Å². The third-order valence-corrected chi connectivity index (χ3v) is 3.04. The van der Waals surface area contributed by atoms with Crippen LogP contribution in [0.25, 0.3) is 0 Å². The molecule has 1 atom stereocenters. The number of rotatable bonds is 3. The van der Waals surface area contributed by atoms with Crippen molar-refractivity contribution >= 4 is 15.9 Å². The quantitative estimate of drug-likeness (QED) is 0.938. The van der Waals surface area contributed by atoms with Crippen LogP contribution in [0.3, 0.4) is 0 Å². The lowest BCUT2D eigenvalue weighted by atomic mass is 10.1. The Morgan fingerprint density at radius 3 is 2.78 bits per heavy atom. The average Bonchev–Trinajstić information content (AvgIpc) is 2.34. The first-order chi connectivity index (χ1) is 8.56. The van der Waals surface area contributed by atoms with Gasteiger partial charge in [-0.15, -0.1) is 0 Å². The lowest BCUT2D eigenvalue weighted by Crippen LogP contribution is -2.05. The minimum atomic E-state index is -0.379. The van der Waals surface area contributed by atoms with E-state index in [4.69, 9.17) is 10.5 Å². The standard InChI is InChI=1S/C13H12BrFN2O/c1-8(16)9-4-5-17-13(6-9)18-10-2-3-11(14)12(15)7-10/h2-8H,16H2,1H3/t8-/m1/s1. The molecule has 94 valence electrons. The summed E-state index contributed by atoms with van der Waals surface area (Å²) in [5.74, 6) is 0.410. The van der Waals surface area contributed by atoms with Gasteiger partial charge in [0.1, 0.15) is 11.6 Å². The molecule has 1 heterocycles. The Labute approximate surface area is 113 Å². The summed E-state index contributed by atoms with van der Waals surface area (Å²) in [6.45, 7) is 1.87. The van der Waals surface area contributed by atoms with Crippen molar-refractivity contribution in [3.8, 4) is 11.6 Å². The second-order valence-corrected chi connectivity index (χ2v) is 4.75. The number of pyridine rings is 1. The Morgan fingerprint density at radius 2 is 2.11 bits per heavy atom. The third-order valence-electron chi connectivity index (χ3n) is 2.40. The van der Waals surface area contributed by atoms with Crippen molar-refractivity contribution in [3.05, 3.63) is 52.4 Å². The number of ether oxygens (including phenoxy) is 1. The van der Waals surface area contributed by atoms with Crippen LogP contribution in [0.1, 0.15) is 18.5 Å². The van der Waals surface area contributed by atoms with Crippen LogP contribution >= 0.6 is 15.9 Å². The van der Waals surface area contributed by atoms with Crippen LogP contribution in [0.15, 0.2) is 41.0 Å². The Bertz CT molecular complexity index is 560. The molecule has 0 aliphatic heterocycles. The van der Waals surface area contributed by atoms with Crippen LogP contribution in [-0.4, -0.2) is 4.98 Å². The van der Waals surface area contributed by atoms with E-state index in [1.807, 2.05) is 13.0 Å². The van der Waals surface area contributed by atoms with Gasteiger partial charge in [-0.3, -0.25) is 0 Å². The number of halogens is 2. The van der Waals surface area contributed by atoms with Crippen molar-refractivity contribution in [2.24, 2.45) is 5.73 Å². The minimum absolute atomic E-state index is 0.1000. The fourth-order valence-electron chi connectivity index (χ4n) is 1.42. The van der Waals surface area contributed by atoms with Crippen LogP contribution in [-0.2, 0) is 0 Å².